The first-order chi connectivity index (χ1) is 16.4. The molecule has 4 aromatic carbocycles. The van der Waals surface area contributed by atoms with Gasteiger partial charge in [0.25, 0.3) is 10.0 Å². The lowest BCUT2D eigenvalue weighted by Gasteiger charge is -2.13. The van der Waals surface area contributed by atoms with E-state index < -0.39 is 10.0 Å². The summed E-state index contributed by atoms with van der Waals surface area (Å²) in [5.74, 6) is 0. The van der Waals surface area contributed by atoms with Crippen LogP contribution in [0.15, 0.2) is 107 Å². The zero-order valence-electron chi connectivity index (χ0n) is 17.8. The SMILES string of the molecule is O=c1sc2cc(S(=O)(=O)Nc3ccccc3-c3ccccc3)ccc2n1Cc1ccc(Cl)cc1. The number of anilines is 1. The van der Waals surface area contributed by atoms with Crippen LogP contribution in [-0.2, 0) is 16.6 Å². The number of halogens is 1. The highest BCUT2D eigenvalue weighted by molar-refractivity contribution is 7.92. The molecule has 0 spiro atoms. The summed E-state index contributed by atoms with van der Waals surface area (Å²) in [4.78, 5) is 12.6. The maximum absolute atomic E-state index is 13.2. The molecule has 0 aliphatic rings. The Kier molecular flexibility index (Phi) is 6.00. The Morgan fingerprint density at radius 2 is 1.56 bits per heavy atom. The van der Waals surface area contributed by atoms with E-state index in [1.807, 2.05) is 54.6 Å². The maximum Gasteiger partial charge on any atom is 0.308 e. The standard InChI is InChI=1S/C26H19ClN2O3S2/c27-20-12-10-18(11-13-20)17-29-24-15-14-21(16-25(24)33-26(29)30)34(31,32)28-23-9-5-4-8-22(23)19-6-2-1-3-7-19/h1-16,28H,17H2. The summed E-state index contributed by atoms with van der Waals surface area (Å²) >= 11 is 6.98. The number of sulfonamides is 1. The van der Waals surface area contributed by atoms with E-state index in [2.05, 4.69) is 4.72 Å². The molecular weight excluding hydrogens is 488 g/mol. The van der Waals surface area contributed by atoms with Gasteiger partial charge in [-0.25, -0.2) is 8.42 Å². The van der Waals surface area contributed by atoms with Crippen molar-refractivity contribution in [3.8, 4) is 11.1 Å². The molecule has 0 unspecified atom stereocenters. The predicted molar refractivity (Wildman–Crippen MR) is 139 cm³/mol. The van der Waals surface area contributed by atoms with Gasteiger partial charge in [-0.05, 0) is 47.5 Å². The largest absolute Gasteiger partial charge is 0.308 e. The average Bonchev–Trinajstić information content (AvgIpc) is 3.15. The molecule has 5 nitrogen and oxygen atoms in total. The number of thiazole rings is 1. The number of para-hydroxylation sites is 1. The molecule has 5 rings (SSSR count). The lowest BCUT2D eigenvalue weighted by Crippen LogP contribution is -2.14. The van der Waals surface area contributed by atoms with E-state index in [1.54, 1.807) is 41.0 Å². The highest BCUT2D eigenvalue weighted by Gasteiger charge is 2.19. The number of fused-ring (bicyclic) bond motifs is 1. The van der Waals surface area contributed by atoms with Crippen molar-refractivity contribution >= 4 is 48.9 Å². The lowest BCUT2D eigenvalue weighted by atomic mass is 10.0. The Morgan fingerprint density at radius 3 is 2.32 bits per heavy atom. The zero-order chi connectivity index (χ0) is 23.7. The average molecular weight is 507 g/mol. The second kappa shape index (κ2) is 9.10. The zero-order valence-corrected chi connectivity index (χ0v) is 20.2. The number of aromatic nitrogens is 1. The highest BCUT2D eigenvalue weighted by atomic mass is 35.5. The van der Waals surface area contributed by atoms with Gasteiger partial charge in [-0.2, -0.15) is 0 Å². The molecule has 1 aromatic heterocycles. The number of nitrogens with zero attached hydrogens (tertiary/aromatic N) is 1. The van der Waals surface area contributed by atoms with Gasteiger partial charge < -0.3 is 0 Å². The van der Waals surface area contributed by atoms with Crippen molar-refractivity contribution < 1.29 is 8.42 Å². The molecule has 0 aliphatic heterocycles. The quantitative estimate of drug-likeness (QED) is 0.296. The van der Waals surface area contributed by atoms with E-state index in [0.29, 0.717) is 27.5 Å². The van der Waals surface area contributed by atoms with Gasteiger partial charge in [-0.15, -0.1) is 0 Å². The van der Waals surface area contributed by atoms with Crippen LogP contribution in [0.25, 0.3) is 21.3 Å². The molecule has 1 heterocycles. The van der Waals surface area contributed by atoms with E-state index in [-0.39, 0.29) is 9.77 Å². The molecule has 0 amide bonds. The molecule has 0 fully saturated rings. The molecule has 8 heteroatoms. The van der Waals surface area contributed by atoms with Gasteiger partial charge >= 0.3 is 4.87 Å². The first kappa shape index (κ1) is 22.4. The number of hydrogen-bond donors (Lipinski definition) is 1. The van der Waals surface area contributed by atoms with Crippen molar-refractivity contribution in [2.45, 2.75) is 11.4 Å². The van der Waals surface area contributed by atoms with Gasteiger partial charge in [0.15, 0.2) is 0 Å². The van der Waals surface area contributed by atoms with Crippen molar-refractivity contribution in [2.75, 3.05) is 4.72 Å². The van der Waals surface area contributed by atoms with E-state index in [0.717, 1.165) is 28.0 Å². The van der Waals surface area contributed by atoms with Crippen LogP contribution in [0.1, 0.15) is 5.56 Å². The Labute approximate surface area is 205 Å². The molecular formula is C26H19ClN2O3S2. The maximum atomic E-state index is 13.2. The molecule has 0 saturated heterocycles. The van der Waals surface area contributed by atoms with E-state index in [4.69, 9.17) is 11.6 Å². The third-order valence-electron chi connectivity index (χ3n) is 5.46. The summed E-state index contributed by atoms with van der Waals surface area (Å²) in [6.07, 6.45) is 0. The van der Waals surface area contributed by atoms with Crippen LogP contribution in [0.5, 0.6) is 0 Å². The number of hydrogen-bond acceptors (Lipinski definition) is 4. The Bertz CT molecular complexity index is 1640. The van der Waals surface area contributed by atoms with Crippen LogP contribution in [0.3, 0.4) is 0 Å². The fraction of sp³-hybridized carbons (Fsp3) is 0.0385. The minimum atomic E-state index is -3.87. The molecule has 0 saturated carbocycles. The molecule has 0 atom stereocenters. The minimum Gasteiger partial charge on any atom is -0.294 e. The first-order valence-corrected chi connectivity index (χ1v) is 13.1. The summed E-state index contributed by atoms with van der Waals surface area (Å²) in [6.45, 7) is 0.380. The second-order valence-corrected chi connectivity index (χ2v) is 10.8. The summed E-state index contributed by atoms with van der Waals surface area (Å²) in [6, 6.07) is 28.9. The lowest BCUT2D eigenvalue weighted by molar-refractivity contribution is 0.601. The van der Waals surface area contributed by atoms with E-state index >= 15 is 0 Å². The third-order valence-corrected chi connectivity index (χ3v) is 8.02. The normalized spacial score (nSPS) is 11.6. The van der Waals surface area contributed by atoms with Gasteiger partial charge in [-0.1, -0.05) is 83.6 Å². The van der Waals surface area contributed by atoms with Gasteiger partial charge in [0.05, 0.1) is 27.3 Å². The van der Waals surface area contributed by atoms with E-state index in [9.17, 15) is 13.2 Å². The molecule has 0 radical (unpaired) electrons. The van der Waals surface area contributed by atoms with Crippen LogP contribution in [0, 0.1) is 0 Å². The summed E-state index contributed by atoms with van der Waals surface area (Å²) in [5, 5.41) is 0.627. The van der Waals surface area contributed by atoms with Crippen LogP contribution in [-0.4, -0.2) is 13.0 Å². The monoisotopic (exact) mass is 506 g/mol. The van der Waals surface area contributed by atoms with Crippen LogP contribution in [0.2, 0.25) is 5.02 Å². The second-order valence-electron chi connectivity index (χ2n) is 7.73. The Balaban J connectivity index is 1.48. The van der Waals surface area contributed by atoms with Gasteiger partial charge in [0, 0.05) is 10.6 Å². The molecule has 34 heavy (non-hydrogen) atoms. The van der Waals surface area contributed by atoms with Gasteiger partial charge in [-0.3, -0.25) is 14.1 Å². The summed E-state index contributed by atoms with van der Waals surface area (Å²) in [7, 11) is -3.87. The van der Waals surface area contributed by atoms with Crippen molar-refractivity contribution in [2.24, 2.45) is 0 Å². The fourth-order valence-corrected chi connectivity index (χ4v) is 6.02. The number of rotatable bonds is 6. The molecule has 170 valence electrons. The van der Waals surface area contributed by atoms with Crippen molar-refractivity contribution in [1.82, 2.24) is 4.57 Å². The van der Waals surface area contributed by atoms with Crippen molar-refractivity contribution in [3.05, 3.63) is 117 Å². The van der Waals surface area contributed by atoms with Crippen LogP contribution < -0.4 is 9.60 Å². The molecule has 5 aromatic rings. The number of nitrogens with one attached hydrogen (secondary N) is 1. The molecule has 1 N–H and O–H groups in total. The minimum absolute atomic E-state index is 0.0998. The summed E-state index contributed by atoms with van der Waals surface area (Å²) < 4.78 is 31.4. The van der Waals surface area contributed by atoms with Crippen LogP contribution >= 0.6 is 22.9 Å². The topological polar surface area (TPSA) is 68.2 Å². The third kappa shape index (κ3) is 4.50. The van der Waals surface area contributed by atoms with Crippen molar-refractivity contribution in [3.63, 3.8) is 0 Å². The highest BCUT2D eigenvalue weighted by Crippen LogP contribution is 2.30. The molecule has 0 aliphatic carbocycles. The van der Waals surface area contributed by atoms with Crippen LogP contribution in [0.4, 0.5) is 5.69 Å². The smallest absolute Gasteiger partial charge is 0.294 e. The Morgan fingerprint density at radius 1 is 0.853 bits per heavy atom. The fourth-order valence-electron chi connectivity index (χ4n) is 3.78. The van der Waals surface area contributed by atoms with Crippen molar-refractivity contribution in [1.29, 1.82) is 0 Å². The van der Waals surface area contributed by atoms with Gasteiger partial charge in [0.1, 0.15) is 0 Å². The van der Waals surface area contributed by atoms with E-state index in [1.165, 1.54) is 6.07 Å². The Hall–Kier alpha value is -3.39. The summed E-state index contributed by atoms with van der Waals surface area (Å²) in [5.41, 5.74) is 3.80. The molecule has 0 bridgehead atoms. The number of benzene rings is 4. The van der Waals surface area contributed by atoms with Gasteiger partial charge in [0.2, 0.25) is 0 Å². The first-order valence-electron chi connectivity index (χ1n) is 10.5. The predicted octanol–water partition coefficient (Wildman–Crippen LogP) is 6.23.